The molecule has 1 aromatic heterocycles. The predicted octanol–water partition coefficient (Wildman–Crippen LogP) is 4.32. The fourth-order valence-electron chi connectivity index (χ4n) is 1.78. The number of anilines is 1. The molecule has 2 aromatic rings. The SMILES string of the molecule is CC(C)(C)OC(=O)Nc1ccc2nc(CC(=O)C(F)(F)F)sc2c1. The summed E-state index contributed by atoms with van der Waals surface area (Å²) in [6, 6.07) is 4.68. The summed E-state index contributed by atoms with van der Waals surface area (Å²) < 4.78 is 42.6. The Bertz CT molecular complexity index is 778. The highest BCUT2D eigenvalue weighted by molar-refractivity contribution is 7.18. The van der Waals surface area contributed by atoms with E-state index in [1.807, 2.05) is 0 Å². The molecule has 1 amide bonds. The van der Waals surface area contributed by atoms with Crippen LogP contribution in [0.25, 0.3) is 10.2 Å². The van der Waals surface area contributed by atoms with E-state index in [0.29, 0.717) is 15.9 Å². The summed E-state index contributed by atoms with van der Waals surface area (Å²) in [5.74, 6) is -1.84. The molecule has 0 radical (unpaired) electrons. The monoisotopic (exact) mass is 360 g/mol. The van der Waals surface area contributed by atoms with Crippen molar-refractivity contribution in [3.05, 3.63) is 23.2 Å². The Hall–Kier alpha value is -2.16. The van der Waals surface area contributed by atoms with Crippen LogP contribution >= 0.6 is 11.3 Å². The van der Waals surface area contributed by atoms with E-state index in [1.165, 1.54) is 0 Å². The van der Waals surface area contributed by atoms with Gasteiger partial charge in [-0.3, -0.25) is 10.1 Å². The second-order valence-electron chi connectivity index (χ2n) is 6.01. The van der Waals surface area contributed by atoms with Crippen molar-refractivity contribution < 1.29 is 27.5 Å². The van der Waals surface area contributed by atoms with Crippen LogP contribution in [0.2, 0.25) is 0 Å². The first-order valence-electron chi connectivity index (χ1n) is 6.93. The highest BCUT2D eigenvalue weighted by Gasteiger charge is 2.38. The van der Waals surface area contributed by atoms with Crippen LogP contribution in [0.3, 0.4) is 0 Å². The fraction of sp³-hybridized carbons (Fsp3) is 0.400. The summed E-state index contributed by atoms with van der Waals surface area (Å²) in [6.45, 7) is 5.18. The fourth-order valence-corrected chi connectivity index (χ4v) is 2.79. The first kappa shape index (κ1) is 18.2. The first-order valence-corrected chi connectivity index (χ1v) is 7.75. The highest BCUT2D eigenvalue weighted by Crippen LogP contribution is 2.28. The summed E-state index contributed by atoms with van der Waals surface area (Å²) >= 11 is 0.972. The number of hydrogen-bond acceptors (Lipinski definition) is 5. The number of carbonyl (C=O) groups is 2. The minimum absolute atomic E-state index is 0.0711. The zero-order chi connectivity index (χ0) is 18.1. The van der Waals surface area contributed by atoms with Crippen LogP contribution in [0.15, 0.2) is 18.2 Å². The molecule has 24 heavy (non-hydrogen) atoms. The molecule has 0 unspecified atom stereocenters. The maximum Gasteiger partial charge on any atom is 0.450 e. The molecule has 1 N–H and O–H groups in total. The molecule has 5 nitrogen and oxygen atoms in total. The first-order chi connectivity index (χ1) is 10.9. The van der Waals surface area contributed by atoms with E-state index in [1.54, 1.807) is 39.0 Å². The van der Waals surface area contributed by atoms with E-state index in [2.05, 4.69) is 10.3 Å². The summed E-state index contributed by atoms with van der Waals surface area (Å²) in [7, 11) is 0. The summed E-state index contributed by atoms with van der Waals surface area (Å²) in [5, 5.41) is 2.61. The van der Waals surface area contributed by atoms with Gasteiger partial charge in [-0.1, -0.05) is 0 Å². The van der Waals surface area contributed by atoms with Crippen molar-refractivity contribution in [2.75, 3.05) is 5.32 Å². The van der Waals surface area contributed by atoms with Gasteiger partial charge in [0.15, 0.2) is 0 Å². The number of aromatic nitrogens is 1. The molecule has 1 heterocycles. The number of benzene rings is 1. The number of nitrogens with one attached hydrogen (secondary N) is 1. The zero-order valence-corrected chi connectivity index (χ0v) is 14.0. The molecular weight excluding hydrogens is 345 g/mol. The third-order valence-electron chi connectivity index (χ3n) is 2.71. The lowest BCUT2D eigenvalue weighted by Gasteiger charge is -2.19. The second-order valence-corrected chi connectivity index (χ2v) is 7.13. The van der Waals surface area contributed by atoms with E-state index in [9.17, 15) is 22.8 Å². The van der Waals surface area contributed by atoms with Crippen LogP contribution in [0.1, 0.15) is 25.8 Å². The van der Waals surface area contributed by atoms with Crippen molar-refractivity contribution in [1.82, 2.24) is 4.98 Å². The summed E-state index contributed by atoms with van der Waals surface area (Å²) in [4.78, 5) is 26.7. The number of rotatable bonds is 3. The molecule has 0 saturated heterocycles. The van der Waals surface area contributed by atoms with Gasteiger partial charge < -0.3 is 4.74 Å². The van der Waals surface area contributed by atoms with E-state index in [0.717, 1.165) is 11.3 Å². The van der Waals surface area contributed by atoms with E-state index in [-0.39, 0.29) is 5.01 Å². The molecule has 0 atom stereocenters. The van der Waals surface area contributed by atoms with Gasteiger partial charge in [-0.25, -0.2) is 9.78 Å². The van der Waals surface area contributed by atoms with Gasteiger partial charge in [0.25, 0.3) is 0 Å². The van der Waals surface area contributed by atoms with Crippen molar-refractivity contribution in [3.8, 4) is 0 Å². The topological polar surface area (TPSA) is 68.3 Å². The lowest BCUT2D eigenvalue weighted by molar-refractivity contribution is -0.170. The number of amides is 1. The molecule has 0 bridgehead atoms. The van der Waals surface area contributed by atoms with Crippen molar-refractivity contribution in [2.45, 2.75) is 39.0 Å². The van der Waals surface area contributed by atoms with Gasteiger partial charge in [0.05, 0.1) is 16.6 Å². The number of thiazole rings is 1. The quantitative estimate of drug-likeness (QED) is 0.885. The third-order valence-corrected chi connectivity index (χ3v) is 3.72. The predicted molar refractivity (Wildman–Crippen MR) is 84.2 cm³/mol. The molecular formula is C15H15F3N2O3S. The van der Waals surface area contributed by atoms with E-state index < -0.39 is 30.1 Å². The lowest BCUT2D eigenvalue weighted by Crippen LogP contribution is -2.27. The molecule has 0 fully saturated rings. The Morgan fingerprint density at radius 2 is 1.92 bits per heavy atom. The molecule has 0 spiro atoms. The van der Waals surface area contributed by atoms with Gasteiger partial charge >= 0.3 is 12.3 Å². The smallest absolute Gasteiger partial charge is 0.444 e. The average molecular weight is 360 g/mol. The van der Waals surface area contributed by atoms with Crippen LogP contribution in [-0.2, 0) is 16.0 Å². The summed E-state index contributed by atoms with van der Waals surface area (Å²) in [6.07, 6.45) is -6.31. The molecule has 0 saturated carbocycles. The van der Waals surface area contributed by atoms with Gasteiger partial charge in [0.2, 0.25) is 5.78 Å². The van der Waals surface area contributed by atoms with Crippen molar-refractivity contribution in [3.63, 3.8) is 0 Å². The minimum atomic E-state index is -4.87. The van der Waals surface area contributed by atoms with Crippen molar-refractivity contribution in [2.24, 2.45) is 0 Å². The maximum absolute atomic E-state index is 12.3. The number of nitrogens with zero attached hydrogens (tertiary/aromatic N) is 1. The normalized spacial score (nSPS) is 12.2. The Labute approximate surface area is 139 Å². The Kier molecular flexibility index (Phi) is 4.84. The van der Waals surface area contributed by atoms with Crippen LogP contribution in [0.4, 0.5) is 23.7 Å². The van der Waals surface area contributed by atoms with Gasteiger partial charge in [0, 0.05) is 5.69 Å². The lowest BCUT2D eigenvalue weighted by atomic mass is 10.2. The number of fused-ring (bicyclic) bond motifs is 1. The third kappa shape index (κ3) is 4.92. The van der Waals surface area contributed by atoms with Gasteiger partial charge in [0.1, 0.15) is 10.6 Å². The number of ether oxygens (including phenoxy) is 1. The van der Waals surface area contributed by atoms with Crippen molar-refractivity contribution >= 4 is 39.1 Å². The molecule has 0 aliphatic carbocycles. The van der Waals surface area contributed by atoms with Crippen LogP contribution < -0.4 is 5.32 Å². The largest absolute Gasteiger partial charge is 0.450 e. The van der Waals surface area contributed by atoms with Crippen LogP contribution in [0.5, 0.6) is 0 Å². The summed E-state index contributed by atoms with van der Waals surface area (Å²) in [5.41, 5.74) is 0.234. The number of hydrogen-bond donors (Lipinski definition) is 1. The average Bonchev–Trinajstić information content (AvgIpc) is 2.76. The van der Waals surface area contributed by atoms with Gasteiger partial charge in [-0.2, -0.15) is 13.2 Å². The maximum atomic E-state index is 12.3. The number of halogens is 3. The van der Waals surface area contributed by atoms with E-state index >= 15 is 0 Å². The number of ketones is 1. The number of carbonyl (C=O) groups excluding carboxylic acids is 2. The number of alkyl halides is 3. The van der Waals surface area contributed by atoms with Crippen LogP contribution in [-0.4, -0.2) is 28.6 Å². The Morgan fingerprint density at radius 1 is 1.25 bits per heavy atom. The van der Waals surface area contributed by atoms with Crippen LogP contribution in [0, 0.1) is 0 Å². The van der Waals surface area contributed by atoms with Gasteiger partial charge in [-0.15, -0.1) is 11.3 Å². The highest BCUT2D eigenvalue weighted by atomic mass is 32.1. The Morgan fingerprint density at radius 3 is 2.50 bits per heavy atom. The molecule has 2 rings (SSSR count). The molecule has 1 aromatic carbocycles. The molecule has 0 aliphatic rings. The van der Waals surface area contributed by atoms with E-state index in [4.69, 9.17) is 4.74 Å². The Balaban J connectivity index is 2.14. The molecule has 0 aliphatic heterocycles. The molecule has 9 heteroatoms. The number of Topliss-reactive ketones (excluding diaryl/α,β-unsaturated/α-hetero) is 1. The molecule has 130 valence electrons. The zero-order valence-electron chi connectivity index (χ0n) is 13.2. The second kappa shape index (κ2) is 6.39. The standard InChI is InChI=1S/C15H15F3N2O3S/c1-14(2,3)23-13(22)19-8-4-5-9-10(6-8)24-12(20-9)7-11(21)15(16,17)18/h4-6H,7H2,1-3H3,(H,19,22). The minimum Gasteiger partial charge on any atom is -0.444 e. The van der Waals surface area contributed by atoms with Crippen molar-refractivity contribution in [1.29, 1.82) is 0 Å². The van der Waals surface area contributed by atoms with Gasteiger partial charge in [-0.05, 0) is 39.0 Å².